The third-order valence-corrected chi connectivity index (χ3v) is 0. The second kappa shape index (κ2) is 19.7. The van der Waals surface area contributed by atoms with Crippen LogP contribution in [-0.2, 0) is 9.13 Å². The molecule has 0 aliphatic carbocycles. The molecule has 36 valence electrons. The van der Waals surface area contributed by atoms with Crippen molar-refractivity contribution in [1.82, 2.24) is 0 Å². The predicted octanol–water partition coefficient (Wildman–Crippen LogP) is 2.33. The first kappa shape index (κ1) is 9.41. The molecule has 0 amide bonds. The van der Waals surface area contributed by atoms with Crippen LogP contribution >= 0.6 is 17.5 Å². The van der Waals surface area contributed by atoms with Crippen LogP contribution in [0.2, 0.25) is 0 Å². The molecule has 0 saturated carbocycles. The Morgan fingerprint density at radius 2 is 1.00 bits per heavy atom. The van der Waals surface area contributed by atoms with Crippen LogP contribution in [0.5, 0.6) is 0 Å². The summed E-state index contributed by atoms with van der Waals surface area (Å²) in [4.78, 5) is 0. The van der Waals surface area contributed by atoms with Gasteiger partial charge in [0, 0.05) is 0 Å². The number of rotatable bonds is 0. The van der Waals surface area contributed by atoms with Gasteiger partial charge in [-0.25, -0.2) is 9.13 Å². The van der Waals surface area contributed by atoms with Crippen LogP contribution in [-0.4, -0.2) is 0 Å². The predicted molar refractivity (Wildman–Crippen MR) is 17.4 cm³/mol. The van der Waals surface area contributed by atoms with Crippen LogP contribution in [0.4, 0.5) is 8.39 Å². The van der Waals surface area contributed by atoms with Crippen molar-refractivity contribution in [2.45, 2.75) is 0 Å². The van der Waals surface area contributed by atoms with Crippen molar-refractivity contribution in [2.24, 2.45) is 0 Å². The van der Waals surface area contributed by atoms with E-state index in [1.54, 1.807) is 0 Å². The maximum atomic E-state index is 9.71. The highest BCUT2D eigenvalue weighted by Gasteiger charge is 1.36. The Balaban J connectivity index is 0. The molecule has 6 heavy (non-hydrogen) atoms. The summed E-state index contributed by atoms with van der Waals surface area (Å²) in [7, 11) is -2.67. The van der Waals surface area contributed by atoms with E-state index in [1.165, 1.54) is 0 Å². The molecule has 0 unspecified atom stereocenters. The molecule has 0 aromatic heterocycles. The summed E-state index contributed by atoms with van der Waals surface area (Å²) < 4.78 is 35.9. The molecule has 0 atom stereocenters. The first-order valence-electron chi connectivity index (χ1n) is 0.703. The SMILES string of the molecule is O=PF.O=PF. The molecule has 0 aromatic rings. The summed E-state index contributed by atoms with van der Waals surface area (Å²) >= 11 is 0. The van der Waals surface area contributed by atoms with Crippen LogP contribution in [0.3, 0.4) is 0 Å². The molecule has 0 spiro atoms. The van der Waals surface area contributed by atoms with Gasteiger partial charge in [0.05, 0.1) is 0 Å². The minimum atomic E-state index is -1.33. The first-order valence-corrected chi connectivity index (χ1v) is 2.11. The van der Waals surface area contributed by atoms with E-state index in [0.717, 1.165) is 0 Å². The number of hydrogen-bond acceptors (Lipinski definition) is 2. The molecule has 0 aliphatic rings. The standard InChI is InChI=1S/2FOP/c2*1-3-2. The van der Waals surface area contributed by atoms with E-state index < -0.39 is 17.5 Å². The van der Waals surface area contributed by atoms with E-state index in [1.807, 2.05) is 0 Å². The van der Waals surface area contributed by atoms with Gasteiger partial charge in [0.1, 0.15) is 0 Å². The summed E-state index contributed by atoms with van der Waals surface area (Å²) in [6.45, 7) is 0. The van der Waals surface area contributed by atoms with Gasteiger partial charge in [-0.3, -0.25) is 0 Å². The highest BCUT2D eigenvalue weighted by atomic mass is 31.1. The fourth-order valence-corrected chi connectivity index (χ4v) is 0. The van der Waals surface area contributed by atoms with E-state index in [9.17, 15) is 8.39 Å². The molecule has 0 fully saturated rings. The zero-order chi connectivity index (χ0) is 5.41. The van der Waals surface area contributed by atoms with E-state index in [2.05, 4.69) is 0 Å². The van der Waals surface area contributed by atoms with Crippen molar-refractivity contribution in [2.75, 3.05) is 0 Å². The van der Waals surface area contributed by atoms with Gasteiger partial charge in [-0.1, -0.05) is 0 Å². The molecule has 0 bridgehead atoms. The molecular weight excluding hydrogens is 132 g/mol. The molecule has 0 rings (SSSR count). The van der Waals surface area contributed by atoms with E-state index in [4.69, 9.17) is 9.13 Å². The Bertz CT molecular complexity index is 30.5. The molecule has 0 N–H and O–H groups in total. The summed E-state index contributed by atoms with van der Waals surface area (Å²) in [6.07, 6.45) is 0. The smallest absolute Gasteiger partial charge is 0.235 e. The summed E-state index contributed by atoms with van der Waals surface area (Å²) in [6, 6.07) is 0. The maximum absolute atomic E-state index is 9.71. The molecule has 6 heteroatoms. The lowest BCUT2D eigenvalue weighted by molar-refractivity contribution is 0.574. The van der Waals surface area contributed by atoms with Crippen molar-refractivity contribution in [3.63, 3.8) is 0 Å². The molecule has 0 aliphatic heterocycles. The van der Waals surface area contributed by atoms with Gasteiger partial charge in [-0.05, 0) is 0 Å². The van der Waals surface area contributed by atoms with Gasteiger partial charge in [0.2, 0.25) is 0 Å². The normalized spacial score (nSPS) is 7.00. The monoisotopic (exact) mass is 132 g/mol. The van der Waals surface area contributed by atoms with Crippen molar-refractivity contribution in [3.05, 3.63) is 0 Å². The Morgan fingerprint density at radius 1 is 1.00 bits per heavy atom. The van der Waals surface area contributed by atoms with Crippen LogP contribution in [0.25, 0.3) is 0 Å². The summed E-state index contributed by atoms with van der Waals surface area (Å²) in [5.74, 6) is 0. The second-order valence-corrected chi connectivity index (χ2v) is 0.414. The Hall–Kier alpha value is 0.0600. The molecular formula is F2O2P2. The lowest BCUT2D eigenvalue weighted by Crippen LogP contribution is -0.762. The van der Waals surface area contributed by atoms with Gasteiger partial charge in [-0.15, -0.1) is 8.39 Å². The largest absolute Gasteiger partial charge is 0.371 e. The Labute approximate surface area is 36.2 Å². The van der Waals surface area contributed by atoms with Crippen molar-refractivity contribution in [1.29, 1.82) is 0 Å². The highest BCUT2D eigenvalue weighted by molar-refractivity contribution is 7.16. The Kier molecular flexibility index (Phi) is 30.8. The fourth-order valence-electron chi connectivity index (χ4n) is 0. The minimum Gasteiger partial charge on any atom is -0.235 e. The van der Waals surface area contributed by atoms with Gasteiger partial charge >= 0.3 is 17.5 Å². The molecule has 0 heterocycles. The fraction of sp³-hybridized carbons (Fsp3) is 0. The van der Waals surface area contributed by atoms with Gasteiger partial charge in [0.25, 0.3) is 0 Å². The topological polar surface area (TPSA) is 34.1 Å². The van der Waals surface area contributed by atoms with Crippen LogP contribution in [0.15, 0.2) is 0 Å². The quantitative estimate of drug-likeness (QED) is 0.474. The number of hydrogen-bond donors (Lipinski definition) is 0. The van der Waals surface area contributed by atoms with E-state index >= 15 is 0 Å². The van der Waals surface area contributed by atoms with Gasteiger partial charge in [0.15, 0.2) is 0 Å². The zero-order valence-electron chi connectivity index (χ0n) is 2.47. The van der Waals surface area contributed by atoms with Crippen molar-refractivity contribution in [3.8, 4) is 0 Å². The maximum Gasteiger partial charge on any atom is 0.371 e. The molecule has 0 radical (unpaired) electrons. The van der Waals surface area contributed by atoms with Gasteiger partial charge in [-0.2, -0.15) is 0 Å². The molecule has 2 nitrogen and oxygen atoms in total. The third kappa shape index (κ3) is 10600. The molecule has 0 saturated heterocycles. The van der Waals surface area contributed by atoms with E-state index in [-0.39, 0.29) is 0 Å². The minimum absolute atomic E-state index is 1.33. The third-order valence-electron chi connectivity index (χ3n) is 0. The lowest BCUT2D eigenvalue weighted by atomic mass is 16.0. The Morgan fingerprint density at radius 3 is 1.00 bits per heavy atom. The zero-order valence-corrected chi connectivity index (χ0v) is 4.26. The van der Waals surface area contributed by atoms with Crippen LogP contribution in [0.1, 0.15) is 0 Å². The lowest BCUT2D eigenvalue weighted by Gasteiger charge is -1.15. The average Bonchev–Trinajstić information content (AvgIpc) is 1.39. The van der Waals surface area contributed by atoms with Crippen LogP contribution in [0, 0.1) is 0 Å². The summed E-state index contributed by atoms with van der Waals surface area (Å²) in [5, 5.41) is 0. The highest BCUT2D eigenvalue weighted by Crippen LogP contribution is 1.83. The van der Waals surface area contributed by atoms with Crippen molar-refractivity contribution < 1.29 is 17.5 Å². The summed E-state index contributed by atoms with van der Waals surface area (Å²) in [5.41, 5.74) is 0. The average molecular weight is 132 g/mol. The second-order valence-electron chi connectivity index (χ2n) is 0.138. The van der Waals surface area contributed by atoms with Crippen molar-refractivity contribution >= 4 is 17.5 Å². The molecule has 0 aromatic carbocycles. The number of halogens is 2. The van der Waals surface area contributed by atoms with Gasteiger partial charge < -0.3 is 0 Å². The van der Waals surface area contributed by atoms with E-state index in [0.29, 0.717) is 0 Å². The first-order chi connectivity index (χ1) is 2.83. The van der Waals surface area contributed by atoms with Crippen LogP contribution < -0.4 is 0 Å².